The number of carbonyl (C=O) groups is 2. The van der Waals surface area contributed by atoms with Gasteiger partial charge in [-0.05, 0) is 44.2 Å². The van der Waals surface area contributed by atoms with Gasteiger partial charge in [0, 0.05) is 22.8 Å². The molecule has 0 spiro atoms. The number of aromatic nitrogens is 2. The smallest absolute Gasteiger partial charge is 0.338 e. The van der Waals surface area contributed by atoms with Crippen LogP contribution in [0.25, 0.3) is 4.96 Å². The lowest BCUT2D eigenvalue weighted by atomic mass is 10.2. The van der Waals surface area contributed by atoms with Crippen molar-refractivity contribution in [2.24, 2.45) is 0 Å². The minimum Gasteiger partial charge on any atom is -0.481 e. The van der Waals surface area contributed by atoms with E-state index in [-0.39, 0.29) is 23.6 Å². The van der Waals surface area contributed by atoms with Crippen LogP contribution in [0.2, 0.25) is 0 Å². The van der Waals surface area contributed by atoms with Crippen molar-refractivity contribution >= 4 is 33.9 Å². The summed E-state index contributed by atoms with van der Waals surface area (Å²) >= 11 is 1.38. The topological polar surface area (TPSA) is 99.0 Å². The highest BCUT2D eigenvalue weighted by atomic mass is 32.1. The molecule has 0 saturated heterocycles. The largest absolute Gasteiger partial charge is 0.481 e. The van der Waals surface area contributed by atoms with Gasteiger partial charge in [-0.25, -0.2) is 9.78 Å². The number of ether oxygens (including phenoxy) is 2. The predicted molar refractivity (Wildman–Crippen MR) is 125 cm³/mol. The van der Waals surface area contributed by atoms with E-state index in [1.807, 2.05) is 25.1 Å². The van der Waals surface area contributed by atoms with Gasteiger partial charge in [0.2, 0.25) is 0 Å². The Morgan fingerprint density at radius 2 is 1.91 bits per heavy atom. The van der Waals surface area contributed by atoms with Crippen LogP contribution in [0, 0.1) is 6.92 Å². The summed E-state index contributed by atoms with van der Waals surface area (Å²) in [4.78, 5) is 43.0. The van der Waals surface area contributed by atoms with E-state index in [2.05, 4.69) is 10.3 Å². The van der Waals surface area contributed by atoms with Crippen molar-refractivity contribution in [2.45, 2.75) is 26.6 Å². The average molecular weight is 464 g/mol. The van der Waals surface area contributed by atoms with Crippen molar-refractivity contribution in [1.82, 2.24) is 9.38 Å². The number of hydrogen-bond acceptors (Lipinski definition) is 7. The van der Waals surface area contributed by atoms with Gasteiger partial charge in [0.25, 0.3) is 11.5 Å². The van der Waals surface area contributed by atoms with Crippen molar-refractivity contribution in [2.75, 3.05) is 5.32 Å². The third-order valence-corrected chi connectivity index (χ3v) is 5.58. The lowest BCUT2D eigenvalue weighted by Gasteiger charge is -2.15. The van der Waals surface area contributed by atoms with Gasteiger partial charge in [-0.2, -0.15) is 0 Å². The molecule has 1 N–H and O–H groups in total. The first-order valence-corrected chi connectivity index (χ1v) is 11.0. The molecule has 2 heterocycles. The monoisotopic (exact) mass is 463 g/mol. The third-order valence-electron chi connectivity index (χ3n) is 4.68. The number of aryl methyl sites for hydroxylation is 1. The minimum atomic E-state index is -0.732. The molecule has 1 atom stereocenters. The van der Waals surface area contributed by atoms with E-state index >= 15 is 0 Å². The highest BCUT2D eigenvalue weighted by Crippen LogP contribution is 2.16. The number of fused-ring (bicyclic) bond motifs is 1. The zero-order valence-electron chi connectivity index (χ0n) is 18.0. The van der Waals surface area contributed by atoms with Gasteiger partial charge in [0.1, 0.15) is 12.4 Å². The molecular formula is C24H21N3O5S. The Kier molecular flexibility index (Phi) is 6.50. The van der Waals surface area contributed by atoms with Gasteiger partial charge < -0.3 is 14.8 Å². The van der Waals surface area contributed by atoms with Crippen LogP contribution in [0.1, 0.15) is 27.9 Å². The number of carbonyl (C=O) groups excluding carboxylic acids is 2. The van der Waals surface area contributed by atoms with Crippen LogP contribution < -0.4 is 15.6 Å². The Bertz CT molecular complexity index is 1360. The molecule has 0 saturated carbocycles. The van der Waals surface area contributed by atoms with E-state index in [1.54, 1.807) is 43.5 Å². The standard InChI is InChI=1S/C24H21N3O5S/c1-15-13-27-21(28)12-19(26-24(27)33-15)14-31-23(30)17-7-6-8-18(11-17)25-22(29)16(2)32-20-9-4-3-5-10-20/h3-13,16H,14H2,1-2H3,(H,25,29)/t16-/m1/s1. The molecule has 1 amide bonds. The van der Waals surface area contributed by atoms with Crippen LogP contribution in [0.3, 0.4) is 0 Å². The number of nitrogens with zero attached hydrogens (tertiary/aromatic N) is 2. The predicted octanol–water partition coefficient (Wildman–Crippen LogP) is 3.83. The van der Waals surface area contributed by atoms with E-state index in [4.69, 9.17) is 9.47 Å². The van der Waals surface area contributed by atoms with E-state index < -0.39 is 12.1 Å². The molecule has 2 aromatic heterocycles. The van der Waals surface area contributed by atoms with Crippen LogP contribution in [0.4, 0.5) is 5.69 Å². The third kappa shape index (κ3) is 5.45. The molecule has 9 heteroatoms. The molecule has 0 aliphatic rings. The van der Waals surface area contributed by atoms with Crippen molar-refractivity contribution in [3.63, 3.8) is 0 Å². The molecule has 0 aliphatic carbocycles. The molecule has 0 radical (unpaired) electrons. The number of para-hydroxylation sites is 1. The summed E-state index contributed by atoms with van der Waals surface area (Å²) in [5.41, 5.74) is 0.831. The Hall–Kier alpha value is -3.98. The molecule has 2 aromatic carbocycles. The number of benzene rings is 2. The van der Waals surface area contributed by atoms with Crippen molar-refractivity contribution in [3.8, 4) is 5.75 Å². The zero-order valence-corrected chi connectivity index (χ0v) is 18.8. The maximum absolute atomic E-state index is 12.5. The molecule has 168 valence electrons. The summed E-state index contributed by atoms with van der Waals surface area (Å²) in [6.45, 7) is 3.39. The van der Waals surface area contributed by atoms with E-state index in [0.717, 1.165) is 4.88 Å². The summed E-state index contributed by atoms with van der Waals surface area (Å²) in [7, 11) is 0. The second-order valence-corrected chi connectivity index (χ2v) is 8.51. The number of rotatable bonds is 7. The molecule has 0 bridgehead atoms. The van der Waals surface area contributed by atoms with E-state index in [1.165, 1.54) is 27.9 Å². The average Bonchev–Trinajstić information content (AvgIpc) is 3.19. The quantitative estimate of drug-likeness (QED) is 0.418. The maximum Gasteiger partial charge on any atom is 0.338 e. The first kappa shape index (κ1) is 22.2. The molecule has 4 rings (SSSR count). The fraction of sp³-hybridized carbons (Fsp3) is 0.167. The molecule has 8 nitrogen and oxygen atoms in total. The highest BCUT2D eigenvalue weighted by Gasteiger charge is 2.16. The van der Waals surface area contributed by atoms with Gasteiger partial charge in [0.15, 0.2) is 11.1 Å². The van der Waals surface area contributed by atoms with Gasteiger partial charge in [-0.1, -0.05) is 24.3 Å². The van der Waals surface area contributed by atoms with Gasteiger partial charge in [0.05, 0.1) is 11.3 Å². The normalized spacial score (nSPS) is 11.7. The number of nitrogens with one attached hydrogen (secondary N) is 1. The van der Waals surface area contributed by atoms with Crippen LogP contribution in [-0.2, 0) is 16.1 Å². The Morgan fingerprint density at radius 3 is 2.70 bits per heavy atom. The number of anilines is 1. The van der Waals surface area contributed by atoms with E-state index in [0.29, 0.717) is 22.1 Å². The molecule has 4 aromatic rings. The minimum absolute atomic E-state index is 0.139. The van der Waals surface area contributed by atoms with Crippen LogP contribution in [0.5, 0.6) is 5.75 Å². The first-order valence-electron chi connectivity index (χ1n) is 10.2. The summed E-state index contributed by atoms with van der Waals surface area (Å²) in [6, 6.07) is 16.8. The molecule has 0 fully saturated rings. The van der Waals surface area contributed by atoms with E-state index in [9.17, 15) is 14.4 Å². The van der Waals surface area contributed by atoms with Gasteiger partial charge in [-0.3, -0.25) is 14.0 Å². The fourth-order valence-corrected chi connectivity index (χ4v) is 3.93. The second kappa shape index (κ2) is 9.66. The van der Waals surface area contributed by atoms with Crippen molar-refractivity contribution in [1.29, 1.82) is 0 Å². The lowest BCUT2D eigenvalue weighted by Crippen LogP contribution is -2.30. The maximum atomic E-state index is 12.5. The van der Waals surface area contributed by atoms with Gasteiger partial charge >= 0.3 is 5.97 Å². The number of thiazole rings is 1. The fourth-order valence-electron chi connectivity index (χ4n) is 3.08. The SMILES string of the molecule is Cc1cn2c(=O)cc(COC(=O)c3cccc(NC(=O)[C@@H](C)Oc4ccccc4)c3)nc2s1. The Balaban J connectivity index is 1.38. The Labute approximate surface area is 193 Å². The first-order chi connectivity index (χ1) is 15.9. The molecular weight excluding hydrogens is 442 g/mol. The Morgan fingerprint density at radius 1 is 1.12 bits per heavy atom. The van der Waals surface area contributed by atoms with Crippen LogP contribution in [-0.4, -0.2) is 27.4 Å². The van der Waals surface area contributed by atoms with Gasteiger partial charge in [-0.15, -0.1) is 11.3 Å². The lowest BCUT2D eigenvalue weighted by molar-refractivity contribution is -0.122. The molecule has 33 heavy (non-hydrogen) atoms. The summed E-state index contributed by atoms with van der Waals surface area (Å²) in [5, 5.41) is 2.73. The molecule has 0 unspecified atom stereocenters. The summed E-state index contributed by atoms with van der Waals surface area (Å²) in [6.07, 6.45) is 0.987. The molecule has 0 aliphatic heterocycles. The summed E-state index contributed by atoms with van der Waals surface area (Å²) in [5.74, 6) is -0.362. The second-order valence-electron chi connectivity index (χ2n) is 7.30. The zero-order chi connectivity index (χ0) is 23.4. The number of esters is 1. The van der Waals surface area contributed by atoms with Crippen LogP contribution >= 0.6 is 11.3 Å². The van der Waals surface area contributed by atoms with Crippen molar-refractivity contribution in [3.05, 3.63) is 93.3 Å². The van der Waals surface area contributed by atoms with Crippen molar-refractivity contribution < 1.29 is 19.1 Å². The number of amides is 1. The van der Waals surface area contributed by atoms with Crippen LogP contribution in [0.15, 0.2) is 71.7 Å². The highest BCUT2D eigenvalue weighted by molar-refractivity contribution is 7.16. The summed E-state index contributed by atoms with van der Waals surface area (Å²) < 4.78 is 12.4. The number of hydrogen-bond donors (Lipinski definition) is 1.